The third-order valence-electron chi connectivity index (χ3n) is 13.3. The monoisotopic (exact) mass is 795 g/mol. The van der Waals surface area contributed by atoms with E-state index in [4.69, 9.17) is 9.47 Å². The zero-order chi connectivity index (χ0) is 41.9. The van der Waals surface area contributed by atoms with Crippen molar-refractivity contribution >= 4 is 46.8 Å². The van der Waals surface area contributed by atoms with Crippen LogP contribution in [0.15, 0.2) is 133 Å². The van der Waals surface area contributed by atoms with Gasteiger partial charge in [-0.15, -0.1) is 0 Å². The first kappa shape index (κ1) is 38.7. The Labute approximate surface area is 349 Å². The molecule has 0 radical (unpaired) electrons. The molecule has 0 aromatic heterocycles. The number of aryl methyl sites for hydroxylation is 2. The summed E-state index contributed by atoms with van der Waals surface area (Å²) in [7, 11) is 3.22. The zero-order valence-electron chi connectivity index (χ0n) is 33.9. The van der Waals surface area contributed by atoms with E-state index in [-0.39, 0.29) is 35.6 Å². The molecule has 5 aromatic rings. The molecule has 0 bridgehead atoms. The quantitative estimate of drug-likeness (QED) is 0.0948. The Morgan fingerprint density at radius 2 is 1.43 bits per heavy atom. The van der Waals surface area contributed by atoms with Gasteiger partial charge >= 0.3 is 0 Å². The summed E-state index contributed by atoms with van der Waals surface area (Å²) in [6, 6.07) is 35.5. The van der Waals surface area contributed by atoms with Crippen LogP contribution in [0.1, 0.15) is 57.7 Å². The fourth-order valence-corrected chi connectivity index (χ4v) is 10.5. The fraction of sp³-hybridized carbons (Fsp3) is 0.231. The minimum absolute atomic E-state index is 0.160. The lowest BCUT2D eigenvalue weighted by Crippen LogP contribution is -2.58. The maximum absolute atomic E-state index is 15.3. The first-order chi connectivity index (χ1) is 29.1. The van der Waals surface area contributed by atoms with Crippen molar-refractivity contribution < 1.29 is 33.8 Å². The number of carbonyl (C=O) groups excluding carboxylic acids is 4. The van der Waals surface area contributed by atoms with Crippen LogP contribution in [0.3, 0.4) is 0 Å². The summed E-state index contributed by atoms with van der Waals surface area (Å²) in [5.41, 5.74) is 5.53. The number of ether oxygens (including phenoxy) is 2. The van der Waals surface area contributed by atoms with Crippen LogP contribution in [-0.2, 0) is 24.6 Å². The lowest BCUT2D eigenvalue weighted by Gasteiger charge is -2.55. The van der Waals surface area contributed by atoms with Crippen LogP contribution in [-0.4, -0.2) is 42.7 Å². The molecule has 60 heavy (non-hydrogen) atoms. The molecule has 5 aromatic carbocycles. The maximum atomic E-state index is 15.3. The molecule has 3 aliphatic carbocycles. The number of methoxy groups -OCH3 is 2. The van der Waals surface area contributed by atoms with Crippen LogP contribution < -0.4 is 14.4 Å². The highest BCUT2D eigenvalue weighted by Gasteiger charge is 2.66. The fourth-order valence-electron chi connectivity index (χ4n) is 10.5. The lowest BCUT2D eigenvalue weighted by molar-refractivity contribution is -0.135. The maximum Gasteiger partial charge on any atom is 0.238 e. The highest BCUT2D eigenvalue weighted by molar-refractivity contribution is 6.32. The Bertz CT molecular complexity index is 2640. The van der Waals surface area contributed by atoms with E-state index in [0.29, 0.717) is 45.9 Å². The summed E-state index contributed by atoms with van der Waals surface area (Å²) in [5, 5.41) is 10.9. The van der Waals surface area contributed by atoms with E-state index >= 15 is 9.59 Å². The van der Waals surface area contributed by atoms with Crippen LogP contribution >= 0.6 is 0 Å². The van der Waals surface area contributed by atoms with Crippen molar-refractivity contribution in [2.75, 3.05) is 19.1 Å². The number of imide groups is 1. The van der Waals surface area contributed by atoms with E-state index in [1.807, 2.05) is 129 Å². The Hall–Kier alpha value is -6.80. The molecule has 300 valence electrons. The topological polar surface area (TPSA) is 110 Å². The van der Waals surface area contributed by atoms with Gasteiger partial charge in [0.1, 0.15) is 17.2 Å². The number of nitrogens with zero attached hydrogens (tertiary/aromatic N) is 1. The summed E-state index contributed by atoms with van der Waals surface area (Å²) < 4.78 is 10.9. The smallest absolute Gasteiger partial charge is 0.238 e. The number of phenols is 1. The van der Waals surface area contributed by atoms with E-state index in [1.54, 1.807) is 26.4 Å². The summed E-state index contributed by atoms with van der Waals surface area (Å²) in [6.45, 7) is 3.66. The number of hydrogen-bond donors (Lipinski definition) is 1. The molecule has 1 N–H and O–H groups in total. The number of fused-ring (bicyclic) bond motifs is 4. The molecule has 1 saturated carbocycles. The number of allylic oxidation sites excluding steroid dienone is 4. The molecule has 4 aliphatic rings. The second-order valence-corrected chi connectivity index (χ2v) is 16.3. The van der Waals surface area contributed by atoms with Crippen molar-refractivity contribution in [2.45, 2.75) is 38.0 Å². The van der Waals surface area contributed by atoms with Gasteiger partial charge in [-0.05, 0) is 102 Å². The Kier molecular flexibility index (Phi) is 9.74. The van der Waals surface area contributed by atoms with E-state index in [2.05, 4.69) is 6.08 Å². The molecule has 9 rings (SSSR count). The number of aromatic hydroxyl groups is 1. The molecule has 0 spiro atoms. The molecule has 8 heteroatoms. The molecule has 0 unspecified atom stereocenters. The van der Waals surface area contributed by atoms with Crippen LogP contribution in [0.25, 0.3) is 17.7 Å². The van der Waals surface area contributed by atoms with E-state index in [0.717, 1.165) is 27.8 Å². The molecule has 6 atom stereocenters. The Morgan fingerprint density at radius 3 is 2.10 bits per heavy atom. The van der Waals surface area contributed by atoms with Gasteiger partial charge in [-0.25, -0.2) is 0 Å². The van der Waals surface area contributed by atoms with Gasteiger partial charge in [0.15, 0.2) is 11.6 Å². The summed E-state index contributed by atoms with van der Waals surface area (Å²) >= 11 is 0. The molecular formula is C52H45NO7. The van der Waals surface area contributed by atoms with Gasteiger partial charge in [0, 0.05) is 23.0 Å². The molecule has 1 saturated heterocycles. The third kappa shape index (κ3) is 6.04. The average Bonchev–Trinajstić information content (AvgIpc) is 3.54. The number of benzene rings is 5. The van der Waals surface area contributed by atoms with Crippen molar-refractivity contribution in [3.05, 3.63) is 172 Å². The van der Waals surface area contributed by atoms with Crippen molar-refractivity contribution in [1.82, 2.24) is 0 Å². The number of phenolic OH excluding ortho intramolecular Hbond substituents is 1. The van der Waals surface area contributed by atoms with Gasteiger partial charge in [0.25, 0.3) is 0 Å². The van der Waals surface area contributed by atoms with Crippen molar-refractivity contribution in [3.8, 4) is 17.2 Å². The summed E-state index contributed by atoms with van der Waals surface area (Å²) in [5.74, 6) is -2.71. The normalized spacial score (nSPS) is 24.7. The molecule has 8 nitrogen and oxygen atoms in total. The van der Waals surface area contributed by atoms with Gasteiger partial charge in [0.05, 0.1) is 37.2 Å². The van der Waals surface area contributed by atoms with E-state index < -0.39 is 35.0 Å². The Morgan fingerprint density at radius 1 is 0.750 bits per heavy atom. The minimum atomic E-state index is -1.34. The molecule has 2 fully saturated rings. The van der Waals surface area contributed by atoms with Gasteiger partial charge < -0.3 is 14.6 Å². The van der Waals surface area contributed by atoms with Crippen molar-refractivity contribution in [1.29, 1.82) is 0 Å². The number of hydrogen-bond acceptors (Lipinski definition) is 7. The second-order valence-electron chi connectivity index (χ2n) is 16.3. The Balaban J connectivity index is 1.14. The summed E-state index contributed by atoms with van der Waals surface area (Å²) in [4.78, 5) is 61.2. The van der Waals surface area contributed by atoms with E-state index in [1.165, 1.54) is 11.0 Å². The predicted molar refractivity (Wildman–Crippen MR) is 232 cm³/mol. The van der Waals surface area contributed by atoms with Gasteiger partial charge in [-0.1, -0.05) is 109 Å². The molecule has 1 heterocycles. The largest absolute Gasteiger partial charge is 0.507 e. The third-order valence-corrected chi connectivity index (χ3v) is 13.3. The average molecular weight is 796 g/mol. The zero-order valence-corrected chi connectivity index (χ0v) is 33.9. The first-order valence-corrected chi connectivity index (χ1v) is 20.4. The highest BCUT2D eigenvalue weighted by Crippen LogP contribution is 2.64. The second kappa shape index (κ2) is 15.1. The minimum Gasteiger partial charge on any atom is -0.507 e. The number of carbonyl (C=O) groups is 4. The molecule has 2 amide bonds. The van der Waals surface area contributed by atoms with Crippen LogP contribution in [0.2, 0.25) is 0 Å². The van der Waals surface area contributed by atoms with Gasteiger partial charge in [0.2, 0.25) is 11.8 Å². The number of Topliss-reactive ketones (excluding diaryl/α,β-unsaturated/α-hetero) is 1. The van der Waals surface area contributed by atoms with Gasteiger partial charge in [-0.3, -0.25) is 24.1 Å². The molecule has 1 aliphatic heterocycles. The number of rotatable bonds is 8. The number of anilines is 1. The van der Waals surface area contributed by atoms with Crippen LogP contribution in [0, 0.1) is 37.5 Å². The number of amides is 2. The SMILES string of the molecule is COc1ccc(OC)c(C=Cc2ccc(N3C(=O)[C@H]4[C@H](CC=C5[C@H]4C[C@H]4C(=O)C(c6ccccc6)=CC(=O)[C@@]4(c4ccccc4)[C@H]5c4cc(C)c(O)c(C)c4)C3=O)cc2)c1. The first-order valence-electron chi connectivity index (χ1n) is 20.4. The predicted octanol–water partition coefficient (Wildman–Crippen LogP) is 9.23. The van der Waals surface area contributed by atoms with Gasteiger partial charge in [-0.2, -0.15) is 0 Å². The van der Waals surface area contributed by atoms with Crippen molar-refractivity contribution in [3.63, 3.8) is 0 Å². The standard InChI is InChI=1S/C52H45NO7/c1-30-25-35(26-31(2)48(30)55)47-39-22-23-40-46(51(58)53(50(40)57)37-19-16-32(17-20-37)15-18-34-27-38(59-3)21-24-44(34)60-4)42(39)28-43-49(56)41(33-11-7-5-8-12-33)29-45(54)52(43,47)36-13-9-6-10-14-36/h5-22,24-27,29,40,42-43,46-47,55H,23,28H2,1-4H3/t40-,42+,43-,46-,47-,52-/m0/s1. The van der Waals surface area contributed by atoms with E-state index in [9.17, 15) is 14.7 Å². The highest BCUT2D eigenvalue weighted by atomic mass is 16.5. The number of ketones is 2. The van der Waals surface area contributed by atoms with Crippen LogP contribution in [0.4, 0.5) is 5.69 Å². The van der Waals surface area contributed by atoms with Crippen molar-refractivity contribution in [2.24, 2.45) is 23.7 Å². The van der Waals surface area contributed by atoms with Crippen LogP contribution in [0.5, 0.6) is 17.2 Å². The molecular weight excluding hydrogens is 751 g/mol. The summed E-state index contributed by atoms with van der Waals surface area (Å²) in [6.07, 6.45) is 7.98. The lowest BCUT2D eigenvalue weighted by atomic mass is 9.44.